The highest BCUT2D eigenvalue weighted by Crippen LogP contribution is 2.36. The lowest BCUT2D eigenvalue weighted by molar-refractivity contribution is 0.262. The van der Waals surface area contributed by atoms with Crippen LogP contribution in [0.1, 0.15) is 26.5 Å². The Bertz CT molecular complexity index is 550. The van der Waals surface area contributed by atoms with Crippen LogP contribution in [0.25, 0.3) is 0 Å². The van der Waals surface area contributed by atoms with Gasteiger partial charge in [0, 0.05) is 5.33 Å². The molecule has 124 valence electrons. The Morgan fingerprint density at radius 1 is 1.41 bits per heavy atom. The third kappa shape index (κ3) is 4.94. The number of alkyl halides is 1. The molecule has 0 N–H and O–H groups in total. The van der Waals surface area contributed by atoms with Crippen molar-refractivity contribution in [3.8, 4) is 11.9 Å². The molecule has 0 aliphatic heterocycles. The Labute approximate surface area is 155 Å². The van der Waals surface area contributed by atoms with E-state index < -0.39 is 8.32 Å². The predicted molar refractivity (Wildman–Crippen MR) is 102 cm³/mol. The van der Waals surface area contributed by atoms with Gasteiger partial charge < -0.3 is 9.16 Å². The van der Waals surface area contributed by atoms with Crippen LogP contribution in [0, 0.1) is 14.9 Å². The predicted octanol–water partition coefficient (Wildman–Crippen LogP) is 4.31. The van der Waals surface area contributed by atoms with Gasteiger partial charge in [-0.15, -0.1) is 5.10 Å². The second-order valence-corrected chi connectivity index (χ2v) is 12.9. The van der Waals surface area contributed by atoms with Gasteiger partial charge in [-0.1, -0.05) is 36.7 Å². The van der Waals surface area contributed by atoms with Crippen molar-refractivity contribution >= 4 is 46.8 Å². The van der Waals surface area contributed by atoms with E-state index in [1.807, 2.05) is 10.8 Å². The molecule has 0 bridgehead atoms. The quantitative estimate of drug-likeness (QED) is 0.318. The van der Waals surface area contributed by atoms with E-state index in [9.17, 15) is 0 Å². The zero-order valence-electron chi connectivity index (χ0n) is 13.7. The smallest absolute Gasteiger partial charge is 0.247 e. The van der Waals surface area contributed by atoms with Crippen LogP contribution >= 0.6 is 38.5 Å². The molecule has 0 amide bonds. The molecule has 0 radical (unpaired) electrons. The number of rotatable bonds is 7. The van der Waals surface area contributed by atoms with Gasteiger partial charge >= 0.3 is 0 Å². The molecule has 0 aromatic carbocycles. The van der Waals surface area contributed by atoms with Crippen molar-refractivity contribution in [2.75, 3.05) is 13.2 Å². The largest absolute Gasteiger partial charge is 0.460 e. The zero-order chi connectivity index (χ0) is 17.0. The van der Waals surface area contributed by atoms with Gasteiger partial charge in [0.1, 0.15) is 6.07 Å². The van der Waals surface area contributed by atoms with Gasteiger partial charge in [-0.2, -0.15) is 5.26 Å². The summed E-state index contributed by atoms with van der Waals surface area (Å²) in [5.41, 5.74) is 1.05. The molecule has 0 unspecified atom stereocenters. The molecule has 0 saturated carbocycles. The van der Waals surface area contributed by atoms with E-state index in [1.165, 1.54) is 0 Å². The second kappa shape index (κ2) is 8.12. The monoisotopic (exact) mass is 499 g/mol. The van der Waals surface area contributed by atoms with E-state index >= 15 is 0 Å². The number of nitriles is 1. The standard InChI is InChI=1S/C14H23BrIN3O2Si/c1-14(2,3)22(4,5)21-9-7-19-11(10-15)12(16)13(18-19)20-8-6-17/h7-10H2,1-5H3. The lowest BCUT2D eigenvalue weighted by Gasteiger charge is -2.36. The van der Waals surface area contributed by atoms with Crippen LogP contribution in [0.3, 0.4) is 0 Å². The Morgan fingerprint density at radius 3 is 2.55 bits per heavy atom. The Kier molecular flexibility index (Phi) is 7.36. The molecule has 1 aromatic rings. The first-order valence-corrected chi connectivity index (χ1v) is 12.2. The molecule has 1 rings (SSSR count). The van der Waals surface area contributed by atoms with E-state index in [0.29, 0.717) is 24.4 Å². The van der Waals surface area contributed by atoms with Gasteiger partial charge in [0.25, 0.3) is 0 Å². The Morgan fingerprint density at radius 2 is 2.05 bits per heavy atom. The van der Waals surface area contributed by atoms with Gasteiger partial charge in [0.2, 0.25) is 5.88 Å². The third-order valence-corrected chi connectivity index (χ3v) is 10.1. The summed E-state index contributed by atoms with van der Waals surface area (Å²) < 4.78 is 14.4. The van der Waals surface area contributed by atoms with Crippen molar-refractivity contribution < 1.29 is 9.16 Å². The lowest BCUT2D eigenvalue weighted by atomic mass is 10.2. The number of halogens is 2. The molecule has 0 saturated heterocycles. The van der Waals surface area contributed by atoms with Crippen LogP contribution in [0.15, 0.2) is 0 Å². The summed E-state index contributed by atoms with van der Waals surface area (Å²) in [5.74, 6) is 0.518. The maximum Gasteiger partial charge on any atom is 0.247 e. The van der Waals surface area contributed by atoms with Crippen LogP contribution in [-0.4, -0.2) is 31.3 Å². The molecule has 22 heavy (non-hydrogen) atoms. The summed E-state index contributed by atoms with van der Waals surface area (Å²) >= 11 is 5.69. The van der Waals surface area contributed by atoms with Crippen LogP contribution in [0.2, 0.25) is 18.1 Å². The first-order valence-electron chi connectivity index (χ1n) is 7.09. The summed E-state index contributed by atoms with van der Waals surface area (Å²) in [6, 6.07) is 1.96. The van der Waals surface area contributed by atoms with Crippen LogP contribution in [0.4, 0.5) is 0 Å². The van der Waals surface area contributed by atoms with Crippen molar-refractivity contribution in [2.45, 2.75) is 50.8 Å². The second-order valence-electron chi connectivity index (χ2n) is 6.48. The first kappa shape index (κ1) is 19.9. The molecular weight excluding hydrogens is 477 g/mol. The average molecular weight is 500 g/mol. The van der Waals surface area contributed by atoms with Gasteiger partial charge in [-0.25, -0.2) is 0 Å². The molecule has 0 atom stereocenters. The van der Waals surface area contributed by atoms with Crippen molar-refractivity contribution in [3.05, 3.63) is 9.26 Å². The Balaban J connectivity index is 2.76. The van der Waals surface area contributed by atoms with Gasteiger partial charge in [-0.05, 0) is 40.7 Å². The molecule has 0 fully saturated rings. The normalized spacial score (nSPS) is 12.3. The average Bonchev–Trinajstić information content (AvgIpc) is 2.70. The SMILES string of the molecule is CC(C)(C)[Si](C)(C)OCCn1nc(OCC#N)c(I)c1CBr. The van der Waals surface area contributed by atoms with Crippen molar-refractivity contribution in [3.63, 3.8) is 0 Å². The van der Waals surface area contributed by atoms with Crippen LogP contribution in [-0.2, 0) is 16.3 Å². The maximum atomic E-state index is 8.62. The minimum atomic E-state index is -1.74. The summed E-state index contributed by atoms with van der Waals surface area (Å²) in [5, 5.41) is 14.0. The van der Waals surface area contributed by atoms with Gasteiger partial charge in [-0.3, -0.25) is 4.68 Å². The third-order valence-electron chi connectivity index (χ3n) is 3.94. The highest BCUT2D eigenvalue weighted by molar-refractivity contribution is 14.1. The van der Waals surface area contributed by atoms with Gasteiger partial charge in [0.05, 0.1) is 22.4 Å². The molecule has 8 heteroatoms. The molecular formula is C14H23BrIN3O2Si. The number of nitrogens with zero attached hydrogens (tertiary/aromatic N) is 3. The summed E-state index contributed by atoms with van der Waals surface area (Å²) in [6.07, 6.45) is 0. The fourth-order valence-corrected chi connectivity index (χ4v) is 4.42. The number of hydrogen-bond acceptors (Lipinski definition) is 4. The van der Waals surface area contributed by atoms with Gasteiger partial charge in [0.15, 0.2) is 14.9 Å². The van der Waals surface area contributed by atoms with Crippen molar-refractivity contribution in [1.82, 2.24) is 9.78 Å². The fourth-order valence-electron chi connectivity index (χ4n) is 1.56. The van der Waals surface area contributed by atoms with E-state index in [-0.39, 0.29) is 11.6 Å². The maximum absolute atomic E-state index is 8.62. The van der Waals surface area contributed by atoms with E-state index in [2.05, 4.69) is 77.5 Å². The molecule has 5 nitrogen and oxygen atoms in total. The number of ether oxygens (including phenoxy) is 1. The molecule has 1 aromatic heterocycles. The Hall–Kier alpha value is -0.113. The van der Waals surface area contributed by atoms with Crippen LogP contribution < -0.4 is 4.74 Å². The zero-order valence-corrected chi connectivity index (χ0v) is 18.5. The van der Waals surface area contributed by atoms with E-state index in [4.69, 9.17) is 14.4 Å². The first-order chi connectivity index (χ1) is 10.1. The number of hydrogen-bond donors (Lipinski definition) is 0. The number of aromatic nitrogens is 2. The molecule has 0 aliphatic carbocycles. The summed E-state index contributed by atoms with van der Waals surface area (Å²) in [7, 11) is -1.74. The summed E-state index contributed by atoms with van der Waals surface area (Å²) in [6.45, 7) is 12.5. The highest BCUT2D eigenvalue weighted by Gasteiger charge is 2.37. The molecule has 0 spiro atoms. The minimum absolute atomic E-state index is 0.00914. The highest BCUT2D eigenvalue weighted by atomic mass is 127. The molecule has 1 heterocycles. The minimum Gasteiger partial charge on any atom is -0.460 e. The topological polar surface area (TPSA) is 60.1 Å². The summed E-state index contributed by atoms with van der Waals surface area (Å²) in [4.78, 5) is 0. The van der Waals surface area contributed by atoms with E-state index in [0.717, 1.165) is 9.26 Å². The molecule has 0 aliphatic rings. The van der Waals surface area contributed by atoms with E-state index in [1.54, 1.807) is 0 Å². The van der Waals surface area contributed by atoms with Crippen molar-refractivity contribution in [1.29, 1.82) is 5.26 Å². The van der Waals surface area contributed by atoms with Crippen molar-refractivity contribution in [2.24, 2.45) is 0 Å². The lowest BCUT2D eigenvalue weighted by Crippen LogP contribution is -2.41. The van der Waals surface area contributed by atoms with Crippen LogP contribution in [0.5, 0.6) is 5.88 Å². The fraction of sp³-hybridized carbons (Fsp3) is 0.714.